The van der Waals surface area contributed by atoms with Gasteiger partial charge in [-0.1, -0.05) is 12.1 Å². The highest BCUT2D eigenvalue weighted by Gasteiger charge is 2.11. The van der Waals surface area contributed by atoms with Crippen molar-refractivity contribution in [3.63, 3.8) is 0 Å². The van der Waals surface area contributed by atoms with Crippen LogP contribution in [0.1, 0.15) is 31.2 Å². The second-order valence-electron chi connectivity index (χ2n) is 4.67. The van der Waals surface area contributed by atoms with Crippen LogP contribution < -0.4 is 5.32 Å². The molecule has 2 atom stereocenters. The van der Waals surface area contributed by atoms with Crippen LogP contribution in [-0.4, -0.2) is 11.1 Å². The molecule has 1 aromatic heterocycles. The van der Waals surface area contributed by atoms with Crippen LogP contribution in [0.2, 0.25) is 0 Å². The molecule has 0 saturated carbocycles. The first kappa shape index (κ1) is 12.7. The first-order chi connectivity index (χ1) is 8.65. The minimum atomic E-state index is 0.196. The number of furan rings is 1. The Labute approximate surface area is 107 Å². The summed E-state index contributed by atoms with van der Waals surface area (Å²) in [6, 6.07) is 11.7. The van der Waals surface area contributed by atoms with Crippen LogP contribution in [0.4, 0.5) is 0 Å². The first-order valence-electron chi connectivity index (χ1n) is 6.22. The fourth-order valence-corrected chi connectivity index (χ4v) is 2.11. The van der Waals surface area contributed by atoms with E-state index in [1.165, 1.54) is 0 Å². The maximum atomic E-state index is 9.46. The Morgan fingerprint density at radius 3 is 2.72 bits per heavy atom. The van der Waals surface area contributed by atoms with Crippen LogP contribution in [0.5, 0.6) is 5.75 Å². The van der Waals surface area contributed by atoms with E-state index in [2.05, 4.69) is 19.2 Å². The number of rotatable bonds is 5. The number of nitrogens with one attached hydrogen (secondary N) is 1. The van der Waals surface area contributed by atoms with Crippen LogP contribution in [0.15, 0.2) is 47.1 Å². The molecule has 1 aromatic carbocycles. The molecule has 0 saturated heterocycles. The molecule has 3 heteroatoms. The smallest absolute Gasteiger partial charge is 0.115 e. The Bertz CT molecular complexity index is 479. The lowest BCUT2D eigenvalue weighted by atomic mass is 10.1. The van der Waals surface area contributed by atoms with Crippen LogP contribution >= 0.6 is 0 Å². The van der Waals surface area contributed by atoms with Crippen LogP contribution in [0.3, 0.4) is 0 Å². The van der Waals surface area contributed by atoms with Gasteiger partial charge in [0.05, 0.1) is 6.26 Å². The average molecular weight is 245 g/mol. The van der Waals surface area contributed by atoms with Crippen molar-refractivity contribution in [3.8, 4) is 5.75 Å². The molecule has 0 amide bonds. The SMILES string of the molecule is CC(Cc1ccco1)NC(C)c1cccc(O)c1. The van der Waals surface area contributed by atoms with E-state index in [1.807, 2.05) is 24.3 Å². The van der Waals surface area contributed by atoms with E-state index in [9.17, 15) is 5.11 Å². The van der Waals surface area contributed by atoms with Gasteiger partial charge in [-0.05, 0) is 43.7 Å². The van der Waals surface area contributed by atoms with E-state index in [0.29, 0.717) is 11.8 Å². The summed E-state index contributed by atoms with van der Waals surface area (Å²) < 4.78 is 5.33. The summed E-state index contributed by atoms with van der Waals surface area (Å²) in [7, 11) is 0. The molecular formula is C15H19NO2. The summed E-state index contributed by atoms with van der Waals surface area (Å²) >= 11 is 0. The summed E-state index contributed by atoms with van der Waals surface area (Å²) in [5.41, 5.74) is 1.08. The van der Waals surface area contributed by atoms with Crippen molar-refractivity contribution in [1.82, 2.24) is 5.32 Å². The molecule has 0 spiro atoms. The first-order valence-corrected chi connectivity index (χ1v) is 6.22. The fraction of sp³-hybridized carbons (Fsp3) is 0.333. The lowest BCUT2D eigenvalue weighted by Crippen LogP contribution is -2.30. The molecule has 0 radical (unpaired) electrons. The summed E-state index contributed by atoms with van der Waals surface area (Å²) in [5, 5.41) is 13.0. The molecular weight excluding hydrogens is 226 g/mol. The Balaban J connectivity index is 1.92. The third kappa shape index (κ3) is 3.37. The van der Waals surface area contributed by atoms with Gasteiger partial charge in [0.1, 0.15) is 11.5 Å². The molecule has 0 aliphatic rings. The van der Waals surface area contributed by atoms with Crippen molar-refractivity contribution >= 4 is 0 Å². The average Bonchev–Trinajstić information content (AvgIpc) is 2.81. The van der Waals surface area contributed by atoms with Crippen molar-refractivity contribution in [1.29, 1.82) is 0 Å². The monoisotopic (exact) mass is 245 g/mol. The maximum Gasteiger partial charge on any atom is 0.115 e. The van der Waals surface area contributed by atoms with Gasteiger partial charge in [0.2, 0.25) is 0 Å². The molecule has 2 aromatic rings. The molecule has 0 fully saturated rings. The lowest BCUT2D eigenvalue weighted by Gasteiger charge is -2.19. The predicted molar refractivity (Wildman–Crippen MR) is 71.5 cm³/mol. The topological polar surface area (TPSA) is 45.4 Å². The van der Waals surface area contributed by atoms with Crippen LogP contribution in [-0.2, 0) is 6.42 Å². The summed E-state index contributed by atoms with van der Waals surface area (Å²) in [6.45, 7) is 4.22. The van der Waals surface area contributed by atoms with Crippen molar-refractivity contribution in [2.75, 3.05) is 0 Å². The van der Waals surface area contributed by atoms with Crippen molar-refractivity contribution in [2.45, 2.75) is 32.4 Å². The second-order valence-corrected chi connectivity index (χ2v) is 4.67. The molecule has 3 nitrogen and oxygen atoms in total. The molecule has 2 rings (SSSR count). The van der Waals surface area contributed by atoms with Gasteiger partial charge in [-0.15, -0.1) is 0 Å². The molecule has 18 heavy (non-hydrogen) atoms. The predicted octanol–water partition coefficient (Wildman–Crippen LogP) is 3.27. The fourth-order valence-electron chi connectivity index (χ4n) is 2.11. The van der Waals surface area contributed by atoms with E-state index < -0.39 is 0 Å². The standard InChI is InChI=1S/C15H19NO2/c1-11(9-15-7-4-8-18-15)16-12(2)13-5-3-6-14(17)10-13/h3-8,10-12,16-17H,9H2,1-2H3. The van der Waals surface area contributed by atoms with Crippen LogP contribution in [0.25, 0.3) is 0 Å². The molecule has 2 N–H and O–H groups in total. The Hall–Kier alpha value is -1.74. The highest BCUT2D eigenvalue weighted by atomic mass is 16.3. The number of benzene rings is 1. The Kier molecular flexibility index (Phi) is 4.05. The van der Waals surface area contributed by atoms with Gasteiger partial charge in [-0.2, -0.15) is 0 Å². The molecule has 0 bridgehead atoms. The van der Waals surface area contributed by atoms with Gasteiger partial charge in [0.15, 0.2) is 0 Å². The molecule has 1 heterocycles. The molecule has 0 aliphatic carbocycles. The highest BCUT2D eigenvalue weighted by Crippen LogP contribution is 2.18. The third-order valence-corrected chi connectivity index (χ3v) is 2.99. The van der Waals surface area contributed by atoms with E-state index in [0.717, 1.165) is 17.7 Å². The number of hydrogen-bond acceptors (Lipinski definition) is 3. The molecule has 0 aliphatic heterocycles. The lowest BCUT2D eigenvalue weighted by molar-refractivity contribution is 0.426. The normalized spacial score (nSPS) is 14.3. The molecule has 96 valence electrons. The van der Waals surface area contributed by atoms with Crippen molar-refractivity contribution in [2.24, 2.45) is 0 Å². The summed E-state index contributed by atoms with van der Waals surface area (Å²) in [6.07, 6.45) is 2.55. The largest absolute Gasteiger partial charge is 0.508 e. The number of phenolic OH excluding ortho intramolecular Hbond substituents is 1. The minimum Gasteiger partial charge on any atom is -0.508 e. The van der Waals surface area contributed by atoms with Gasteiger partial charge in [0.25, 0.3) is 0 Å². The third-order valence-electron chi connectivity index (χ3n) is 2.99. The highest BCUT2D eigenvalue weighted by molar-refractivity contribution is 5.29. The maximum absolute atomic E-state index is 9.46. The van der Waals surface area contributed by atoms with Gasteiger partial charge in [-0.25, -0.2) is 0 Å². The van der Waals surface area contributed by atoms with E-state index in [1.54, 1.807) is 18.4 Å². The number of phenols is 1. The Morgan fingerprint density at radius 2 is 2.06 bits per heavy atom. The van der Waals surface area contributed by atoms with Crippen molar-refractivity contribution in [3.05, 3.63) is 54.0 Å². The van der Waals surface area contributed by atoms with Gasteiger partial charge >= 0.3 is 0 Å². The van der Waals surface area contributed by atoms with Gasteiger partial charge in [0, 0.05) is 18.5 Å². The molecule has 2 unspecified atom stereocenters. The van der Waals surface area contributed by atoms with Crippen molar-refractivity contribution < 1.29 is 9.52 Å². The van der Waals surface area contributed by atoms with Gasteiger partial charge in [-0.3, -0.25) is 0 Å². The van der Waals surface area contributed by atoms with E-state index in [4.69, 9.17) is 4.42 Å². The van der Waals surface area contributed by atoms with Crippen LogP contribution in [0, 0.1) is 0 Å². The summed E-state index contributed by atoms with van der Waals surface area (Å²) in [4.78, 5) is 0. The zero-order chi connectivity index (χ0) is 13.0. The zero-order valence-corrected chi connectivity index (χ0v) is 10.8. The number of hydrogen-bond donors (Lipinski definition) is 2. The van der Waals surface area contributed by atoms with E-state index in [-0.39, 0.29) is 6.04 Å². The quantitative estimate of drug-likeness (QED) is 0.849. The minimum absolute atomic E-state index is 0.196. The Morgan fingerprint density at radius 1 is 1.22 bits per heavy atom. The zero-order valence-electron chi connectivity index (χ0n) is 10.8. The second kappa shape index (κ2) is 5.74. The number of aromatic hydroxyl groups is 1. The summed E-state index contributed by atoms with van der Waals surface area (Å²) in [5.74, 6) is 1.29. The van der Waals surface area contributed by atoms with Gasteiger partial charge < -0.3 is 14.8 Å². The van der Waals surface area contributed by atoms with E-state index >= 15 is 0 Å².